The average Bonchev–Trinajstić information content (AvgIpc) is 2.26. The van der Waals surface area contributed by atoms with E-state index >= 15 is 0 Å². The monoisotopic (exact) mass is 234 g/mol. The Morgan fingerprint density at radius 1 is 1.50 bits per heavy atom. The molecule has 3 nitrogen and oxygen atoms in total. The molecule has 0 aromatic carbocycles. The highest BCUT2D eigenvalue weighted by Gasteiger charge is 2.58. The zero-order valence-corrected chi connectivity index (χ0v) is 8.70. The predicted octanol–water partition coefficient (Wildman–Crippen LogP) is 1.57. The van der Waals surface area contributed by atoms with Crippen molar-refractivity contribution < 1.29 is 18.3 Å². The van der Waals surface area contributed by atoms with Gasteiger partial charge in [-0.1, -0.05) is 13.0 Å². The molecule has 2 atom stereocenters. The summed E-state index contributed by atoms with van der Waals surface area (Å²) < 4.78 is 38.6. The van der Waals surface area contributed by atoms with E-state index in [1.807, 2.05) is 0 Å². The number of aliphatic hydroxyl groups is 1. The highest BCUT2D eigenvalue weighted by Crippen LogP contribution is 2.41. The number of hydrogen-bond donors (Lipinski definition) is 2. The van der Waals surface area contributed by atoms with Crippen LogP contribution in [0, 0.1) is 0 Å². The Balaban J connectivity index is 3.26. The minimum Gasteiger partial charge on any atom is -0.375 e. The topological polar surface area (TPSA) is 59.1 Å². The van der Waals surface area contributed by atoms with E-state index in [2.05, 4.69) is 4.98 Å². The van der Waals surface area contributed by atoms with Crippen molar-refractivity contribution in [3.05, 3.63) is 30.1 Å². The number of nitrogens with zero attached hydrogens (tertiary/aromatic N) is 1. The molecule has 2 unspecified atom stereocenters. The fraction of sp³-hybridized carbons (Fsp3) is 0.500. The fourth-order valence-electron chi connectivity index (χ4n) is 1.47. The molecule has 0 bridgehead atoms. The van der Waals surface area contributed by atoms with E-state index < -0.39 is 17.8 Å². The van der Waals surface area contributed by atoms with Gasteiger partial charge in [0.1, 0.15) is 0 Å². The lowest BCUT2D eigenvalue weighted by Crippen LogP contribution is -2.55. The summed E-state index contributed by atoms with van der Waals surface area (Å²) in [5, 5.41) is 9.80. The molecule has 0 amide bonds. The molecule has 1 rings (SSSR count). The standard InChI is InChI=1S/C10H13F3N2O/c1-2-8(14)9(16,10(11,12)13)7-4-3-5-15-6-7/h3-6,8,16H,2,14H2,1H3. The number of nitrogens with two attached hydrogens (primary N) is 1. The Kier molecular flexibility index (Phi) is 3.54. The summed E-state index contributed by atoms with van der Waals surface area (Å²) in [4.78, 5) is 3.57. The second kappa shape index (κ2) is 4.39. The molecule has 3 N–H and O–H groups in total. The third-order valence-corrected chi connectivity index (χ3v) is 2.51. The van der Waals surface area contributed by atoms with Crippen molar-refractivity contribution in [3.63, 3.8) is 0 Å². The van der Waals surface area contributed by atoms with E-state index in [-0.39, 0.29) is 12.0 Å². The van der Waals surface area contributed by atoms with Crippen LogP contribution in [0.2, 0.25) is 0 Å². The van der Waals surface area contributed by atoms with E-state index in [0.29, 0.717) is 0 Å². The first-order valence-corrected chi connectivity index (χ1v) is 4.79. The van der Waals surface area contributed by atoms with Gasteiger partial charge in [-0.15, -0.1) is 0 Å². The molecule has 1 heterocycles. The van der Waals surface area contributed by atoms with Crippen LogP contribution >= 0.6 is 0 Å². The van der Waals surface area contributed by atoms with E-state index in [4.69, 9.17) is 5.73 Å². The lowest BCUT2D eigenvalue weighted by molar-refractivity contribution is -0.274. The van der Waals surface area contributed by atoms with Gasteiger partial charge in [0.15, 0.2) is 0 Å². The Hall–Kier alpha value is -1.14. The first-order chi connectivity index (χ1) is 7.34. The van der Waals surface area contributed by atoms with Gasteiger partial charge < -0.3 is 10.8 Å². The summed E-state index contributed by atoms with van der Waals surface area (Å²) in [7, 11) is 0. The summed E-state index contributed by atoms with van der Waals surface area (Å²) in [5.41, 5.74) is 1.99. The summed E-state index contributed by atoms with van der Waals surface area (Å²) in [5.74, 6) is 0. The van der Waals surface area contributed by atoms with Crippen molar-refractivity contribution in [2.24, 2.45) is 5.73 Å². The average molecular weight is 234 g/mol. The van der Waals surface area contributed by atoms with Gasteiger partial charge >= 0.3 is 6.18 Å². The van der Waals surface area contributed by atoms with Crippen LogP contribution in [0.5, 0.6) is 0 Å². The molecule has 6 heteroatoms. The second-order valence-corrected chi connectivity index (χ2v) is 3.52. The van der Waals surface area contributed by atoms with Gasteiger partial charge in [-0.25, -0.2) is 0 Å². The highest BCUT2D eigenvalue weighted by atomic mass is 19.4. The van der Waals surface area contributed by atoms with Crippen molar-refractivity contribution in [3.8, 4) is 0 Å². The predicted molar refractivity (Wildman–Crippen MR) is 52.5 cm³/mol. The van der Waals surface area contributed by atoms with Gasteiger partial charge in [0.2, 0.25) is 5.60 Å². The van der Waals surface area contributed by atoms with Crippen LogP contribution in [0.4, 0.5) is 13.2 Å². The molecule has 0 aliphatic rings. The molecule has 0 radical (unpaired) electrons. The van der Waals surface area contributed by atoms with E-state index in [1.54, 1.807) is 0 Å². The molecular formula is C10H13F3N2O. The molecule has 0 aliphatic heterocycles. The van der Waals surface area contributed by atoms with Crippen LogP contribution in [0.15, 0.2) is 24.5 Å². The van der Waals surface area contributed by atoms with Crippen LogP contribution in [-0.2, 0) is 5.60 Å². The quantitative estimate of drug-likeness (QED) is 0.834. The van der Waals surface area contributed by atoms with Gasteiger partial charge in [0, 0.05) is 24.0 Å². The highest BCUT2D eigenvalue weighted by molar-refractivity contribution is 5.23. The summed E-state index contributed by atoms with van der Waals surface area (Å²) in [6, 6.07) is 1.07. The maximum Gasteiger partial charge on any atom is 0.423 e. The third-order valence-electron chi connectivity index (χ3n) is 2.51. The van der Waals surface area contributed by atoms with Gasteiger partial charge in [0.05, 0.1) is 0 Å². The maximum atomic E-state index is 12.9. The van der Waals surface area contributed by atoms with Crippen LogP contribution < -0.4 is 5.73 Å². The van der Waals surface area contributed by atoms with Crippen LogP contribution in [0.25, 0.3) is 0 Å². The van der Waals surface area contributed by atoms with Crippen molar-refractivity contribution >= 4 is 0 Å². The van der Waals surface area contributed by atoms with Crippen LogP contribution in [0.3, 0.4) is 0 Å². The van der Waals surface area contributed by atoms with Crippen molar-refractivity contribution in [2.45, 2.75) is 31.2 Å². The first kappa shape index (κ1) is 12.9. The number of pyridine rings is 1. The maximum absolute atomic E-state index is 12.9. The number of aromatic nitrogens is 1. The Bertz CT molecular complexity index is 342. The molecule has 0 spiro atoms. The third kappa shape index (κ3) is 2.03. The summed E-state index contributed by atoms with van der Waals surface area (Å²) in [6.45, 7) is 1.48. The smallest absolute Gasteiger partial charge is 0.375 e. The van der Waals surface area contributed by atoms with Gasteiger partial charge in [-0.05, 0) is 12.5 Å². The minimum absolute atomic E-state index is 0.00487. The lowest BCUT2D eigenvalue weighted by atomic mass is 9.85. The Morgan fingerprint density at radius 2 is 2.12 bits per heavy atom. The number of alkyl halides is 3. The minimum atomic E-state index is -4.83. The van der Waals surface area contributed by atoms with Crippen molar-refractivity contribution in [1.29, 1.82) is 0 Å². The summed E-state index contributed by atoms with van der Waals surface area (Å²) in [6.07, 6.45) is -2.52. The normalized spacial score (nSPS) is 17.9. The second-order valence-electron chi connectivity index (χ2n) is 3.52. The van der Waals surface area contributed by atoms with E-state index in [9.17, 15) is 18.3 Å². The number of hydrogen-bond acceptors (Lipinski definition) is 3. The molecule has 0 aliphatic carbocycles. The zero-order chi connectivity index (χ0) is 12.4. The van der Waals surface area contributed by atoms with Gasteiger partial charge in [-0.2, -0.15) is 13.2 Å². The SMILES string of the molecule is CCC(N)C(O)(c1cccnc1)C(F)(F)F. The fourth-order valence-corrected chi connectivity index (χ4v) is 1.47. The van der Waals surface area contributed by atoms with Crippen LogP contribution in [-0.4, -0.2) is 22.3 Å². The molecule has 0 saturated carbocycles. The van der Waals surface area contributed by atoms with E-state index in [0.717, 1.165) is 12.3 Å². The Labute approximate surface area is 91.1 Å². The van der Waals surface area contributed by atoms with Gasteiger partial charge in [0.25, 0.3) is 0 Å². The molecular weight excluding hydrogens is 221 g/mol. The Morgan fingerprint density at radius 3 is 2.50 bits per heavy atom. The molecule has 1 aromatic rings. The molecule has 0 fully saturated rings. The zero-order valence-electron chi connectivity index (χ0n) is 8.70. The van der Waals surface area contributed by atoms with Gasteiger partial charge in [-0.3, -0.25) is 4.98 Å². The molecule has 90 valence electrons. The molecule has 0 saturated heterocycles. The molecule has 16 heavy (non-hydrogen) atoms. The number of rotatable bonds is 3. The first-order valence-electron chi connectivity index (χ1n) is 4.79. The largest absolute Gasteiger partial charge is 0.423 e. The van der Waals surface area contributed by atoms with E-state index in [1.165, 1.54) is 19.2 Å². The number of halogens is 3. The van der Waals surface area contributed by atoms with Crippen molar-refractivity contribution in [2.75, 3.05) is 0 Å². The van der Waals surface area contributed by atoms with Crippen LogP contribution in [0.1, 0.15) is 18.9 Å². The van der Waals surface area contributed by atoms with Crippen molar-refractivity contribution in [1.82, 2.24) is 4.98 Å². The molecule has 1 aromatic heterocycles. The summed E-state index contributed by atoms with van der Waals surface area (Å²) >= 11 is 0. The lowest BCUT2D eigenvalue weighted by Gasteiger charge is -2.35.